The van der Waals surface area contributed by atoms with Crippen LogP contribution in [0, 0.1) is 39.0 Å². The number of hydrogen-bond donors (Lipinski definition) is 0. The molecule has 0 N–H and O–H groups in total. The molecule has 29 heavy (non-hydrogen) atoms. The summed E-state index contributed by atoms with van der Waals surface area (Å²) in [4.78, 5) is 0. The van der Waals surface area contributed by atoms with Crippen LogP contribution in [0.1, 0.15) is 5.56 Å². The molecule has 1 saturated carbocycles. The summed E-state index contributed by atoms with van der Waals surface area (Å²) in [6.45, 7) is 2.17. The Labute approximate surface area is 184 Å². The van der Waals surface area contributed by atoms with Gasteiger partial charge < -0.3 is 0 Å². The molecule has 3 rings (SSSR count). The second kappa shape index (κ2) is 11.1. The van der Waals surface area contributed by atoms with E-state index in [-0.39, 0.29) is 17.1 Å². The Bertz CT molecular complexity index is 715. The van der Waals surface area contributed by atoms with Crippen molar-refractivity contribution >= 4 is 31.7 Å². The van der Waals surface area contributed by atoms with Gasteiger partial charge in [0.05, 0.1) is 0 Å². The van der Waals surface area contributed by atoms with Gasteiger partial charge in [0, 0.05) is 0 Å². The Morgan fingerprint density at radius 2 is 1.14 bits per heavy atom. The Morgan fingerprint density at radius 1 is 0.724 bits per heavy atom. The van der Waals surface area contributed by atoms with Crippen LogP contribution in [0.4, 0.5) is 25.2 Å². The first kappa shape index (κ1) is 28.3. The van der Waals surface area contributed by atoms with E-state index in [9.17, 15) is 25.2 Å². The molecule has 0 atom stereocenters. The summed E-state index contributed by atoms with van der Waals surface area (Å²) in [6, 6.07) is 16.9. The molecule has 2 aromatic rings. The van der Waals surface area contributed by atoms with Crippen molar-refractivity contribution in [1.82, 2.24) is 0 Å². The average molecular weight is 543 g/mol. The molecule has 0 bridgehead atoms. The maximum atomic E-state index is 9.87. The molecule has 0 aliphatic heterocycles. The third-order valence-corrected chi connectivity index (χ3v) is 5.42. The minimum absolute atomic E-state index is 0. The Morgan fingerprint density at radius 3 is 1.52 bits per heavy atom. The van der Waals surface area contributed by atoms with E-state index in [0.717, 1.165) is 5.75 Å². The van der Waals surface area contributed by atoms with Crippen LogP contribution in [0.2, 0.25) is 0 Å². The van der Waals surface area contributed by atoms with Gasteiger partial charge in [-0.15, -0.1) is 0 Å². The number of aryl methyl sites for hydroxylation is 1. The van der Waals surface area contributed by atoms with Crippen molar-refractivity contribution in [3.8, 4) is 5.75 Å². The van der Waals surface area contributed by atoms with Crippen molar-refractivity contribution in [2.24, 2.45) is 0 Å². The quantitative estimate of drug-likeness (QED) is 0.260. The molecule has 0 heterocycles. The summed E-state index contributed by atoms with van der Waals surface area (Å²) < 4.78 is 67.2. The van der Waals surface area contributed by atoms with Gasteiger partial charge in [0.15, 0.2) is 0 Å². The first-order chi connectivity index (χ1) is 12.7. The molecule has 0 spiro atoms. The third-order valence-electron chi connectivity index (χ3n) is 2.94. The number of rotatable bonds is 3. The zero-order valence-electron chi connectivity index (χ0n) is 15.4. The monoisotopic (exact) mass is 544 g/mol. The van der Waals surface area contributed by atoms with Crippen molar-refractivity contribution < 1.29 is 47.0 Å². The van der Waals surface area contributed by atoms with E-state index in [4.69, 9.17) is 4.74 Å². The average Bonchev–Trinajstić information content (AvgIpc) is 3.15. The van der Waals surface area contributed by atoms with Gasteiger partial charge in [-0.25, -0.2) is 0 Å². The molecule has 1 aliphatic carbocycles. The summed E-state index contributed by atoms with van der Waals surface area (Å²) in [5.41, 5.74) is 1.37. The van der Waals surface area contributed by atoms with Gasteiger partial charge in [0.25, 0.3) is 0 Å². The number of methoxy groups -OCH3 is 1. The Balaban J connectivity index is 0.000000501. The van der Waals surface area contributed by atoms with Crippen molar-refractivity contribution in [2.75, 3.05) is 7.11 Å². The fourth-order valence-electron chi connectivity index (χ4n) is 1.76. The van der Waals surface area contributed by atoms with Crippen LogP contribution < -0.4 is 13.7 Å². The van der Waals surface area contributed by atoms with Crippen LogP contribution in [0.3, 0.4) is 0 Å². The molecule has 2 aromatic carbocycles. The summed E-state index contributed by atoms with van der Waals surface area (Å²) in [5, 5.41) is 0. The van der Waals surface area contributed by atoms with Gasteiger partial charge in [0.1, 0.15) is 0 Å². The molecule has 1 nitrogen and oxygen atoms in total. The number of hydrogen-bond acceptors (Lipinski definition) is 1. The van der Waals surface area contributed by atoms with E-state index in [1.165, 1.54) is 14.5 Å². The predicted molar refractivity (Wildman–Crippen MR) is 104 cm³/mol. The van der Waals surface area contributed by atoms with Crippen LogP contribution >= 0.6 is 7.81 Å². The van der Waals surface area contributed by atoms with Gasteiger partial charge in [-0.2, -0.15) is 0 Å². The van der Waals surface area contributed by atoms with Crippen molar-refractivity contribution in [3.05, 3.63) is 86.2 Å². The van der Waals surface area contributed by atoms with Crippen molar-refractivity contribution in [3.63, 3.8) is 0 Å². The normalized spacial score (nSPS) is 15.3. The molecule has 10 heteroatoms. The molecule has 5 radical (unpaired) electrons. The maximum Gasteiger partial charge on any atom is 2.00 e. The minimum atomic E-state index is -10.7. The SMILES string of the molecule is COc1ccc([Se]c2ccccc2C)cc1.F[P-](F)(F)(F)(F)F.[CH]1[CH][CH][CH][CH]1.[Fe+2]. The molecule has 1 aliphatic rings. The molecule has 161 valence electrons. The molecule has 0 aromatic heterocycles. The number of benzene rings is 2. The van der Waals surface area contributed by atoms with Gasteiger partial charge >= 0.3 is 153 Å². The summed E-state index contributed by atoms with van der Waals surface area (Å²) in [6.07, 6.45) is 10.0. The van der Waals surface area contributed by atoms with Crippen molar-refractivity contribution in [2.45, 2.75) is 6.92 Å². The fraction of sp³-hybridized carbons (Fsp3) is 0.105. The standard InChI is InChI=1S/C14H14OSe.C5H5.F6P.Fe/c1-11-5-3-4-6-14(11)16-13-9-7-12(15-2)8-10-13;1-2-4-5-3-1;1-7(2,3,4,5)6;/h3-10H,1-2H3;1-5H;;/q;;-1;+2. The van der Waals surface area contributed by atoms with E-state index in [1.807, 2.05) is 44.2 Å². The van der Waals surface area contributed by atoms with Gasteiger partial charge in [0.2, 0.25) is 0 Å². The molecule has 0 saturated heterocycles. The van der Waals surface area contributed by atoms with E-state index >= 15 is 0 Å². The molecule has 1 fully saturated rings. The van der Waals surface area contributed by atoms with Crippen LogP contribution in [-0.4, -0.2) is 22.1 Å². The minimum Gasteiger partial charge on any atom is -0.0312 e. The second-order valence-corrected chi connectivity index (χ2v) is 9.72. The van der Waals surface area contributed by atoms with Crippen molar-refractivity contribution in [1.29, 1.82) is 0 Å². The zero-order chi connectivity index (χ0) is 21.3. The third kappa shape index (κ3) is 17.8. The topological polar surface area (TPSA) is 9.23 Å². The maximum absolute atomic E-state index is 10.7. The van der Waals surface area contributed by atoms with Gasteiger partial charge in [-0.1, -0.05) is 0 Å². The Hall–Kier alpha value is -0.711. The summed E-state index contributed by atoms with van der Waals surface area (Å²) >= 11 is 0.387. The van der Waals surface area contributed by atoms with Crippen LogP contribution in [-0.2, 0) is 17.1 Å². The van der Waals surface area contributed by atoms with Crippen LogP contribution in [0.5, 0.6) is 5.75 Å². The zero-order valence-corrected chi connectivity index (χ0v) is 19.1. The van der Waals surface area contributed by atoms with Gasteiger partial charge in [-0.3, -0.25) is 0 Å². The predicted octanol–water partition coefficient (Wildman–Crippen LogP) is 6.06. The van der Waals surface area contributed by atoms with E-state index < -0.39 is 7.81 Å². The first-order valence-electron chi connectivity index (χ1n) is 7.85. The second-order valence-electron chi connectivity index (χ2n) is 5.46. The molecular formula is C19H19F6FeOPSe+. The number of halogens is 6. The smallest absolute Gasteiger partial charge is 0.0312 e. The van der Waals surface area contributed by atoms with Crippen LogP contribution in [0.15, 0.2) is 48.5 Å². The summed E-state index contributed by atoms with van der Waals surface area (Å²) in [5.74, 6) is 0.921. The van der Waals surface area contributed by atoms with E-state index in [2.05, 4.69) is 43.3 Å². The molecule has 0 amide bonds. The Kier molecular flexibility index (Phi) is 10.8. The molecule has 0 unspecified atom stereocenters. The summed E-state index contributed by atoms with van der Waals surface area (Å²) in [7, 11) is -8.96. The molecular weight excluding hydrogens is 524 g/mol. The fourth-order valence-corrected chi connectivity index (χ4v) is 3.65. The largest absolute Gasteiger partial charge is 2.00 e. The van der Waals surface area contributed by atoms with E-state index in [1.54, 1.807) is 7.11 Å². The van der Waals surface area contributed by atoms with Gasteiger partial charge in [-0.05, 0) is 32.1 Å². The first-order valence-corrected chi connectivity index (χ1v) is 11.6. The van der Waals surface area contributed by atoms with Crippen LogP contribution in [0.25, 0.3) is 0 Å². The van der Waals surface area contributed by atoms with E-state index in [0.29, 0.717) is 15.0 Å². The number of ether oxygens (including phenoxy) is 1.